The highest BCUT2D eigenvalue weighted by atomic mass is 16.6. The van der Waals surface area contributed by atoms with Crippen molar-refractivity contribution in [3.8, 4) is 0 Å². The number of pyridine rings is 1. The molecule has 0 radical (unpaired) electrons. The Morgan fingerprint density at radius 1 is 1.06 bits per heavy atom. The molecule has 0 spiro atoms. The van der Waals surface area contributed by atoms with Gasteiger partial charge in [-0.25, -0.2) is 0 Å². The lowest BCUT2D eigenvalue weighted by molar-refractivity contribution is -0.642. The van der Waals surface area contributed by atoms with Crippen molar-refractivity contribution in [3.05, 3.63) is 65.0 Å². The molecule has 5 heteroatoms. The summed E-state index contributed by atoms with van der Waals surface area (Å²) < 4.78 is 1.77. The second-order valence-corrected chi connectivity index (χ2v) is 3.20. The summed E-state index contributed by atoms with van der Waals surface area (Å²) in [5.41, 5.74) is 3.94. The van der Waals surface area contributed by atoms with Crippen LogP contribution in [0.4, 0.5) is 11.4 Å². The van der Waals surface area contributed by atoms with E-state index in [2.05, 4.69) is 5.43 Å². The van der Waals surface area contributed by atoms with E-state index < -0.39 is 4.92 Å². The number of anilines is 1. The van der Waals surface area contributed by atoms with Gasteiger partial charge in [0.2, 0.25) is 0 Å². The van der Waals surface area contributed by atoms with Crippen LogP contribution in [0.5, 0.6) is 0 Å². The molecule has 0 aliphatic carbocycles. The van der Waals surface area contributed by atoms with Crippen LogP contribution in [-0.4, -0.2) is 4.92 Å². The third-order valence-electron chi connectivity index (χ3n) is 2.05. The highest BCUT2D eigenvalue weighted by Crippen LogP contribution is 2.14. The van der Waals surface area contributed by atoms with Gasteiger partial charge in [0.1, 0.15) is 0 Å². The Kier molecular flexibility index (Phi) is 2.77. The Morgan fingerprint density at radius 3 is 2.25 bits per heavy atom. The van der Waals surface area contributed by atoms with Gasteiger partial charge in [-0.05, 0) is 12.1 Å². The highest BCUT2D eigenvalue weighted by Gasteiger charge is 2.05. The Balaban J connectivity index is 2.14. The lowest BCUT2D eigenvalue weighted by Crippen LogP contribution is -2.41. The zero-order valence-electron chi connectivity index (χ0n) is 8.41. The summed E-state index contributed by atoms with van der Waals surface area (Å²) in [6, 6.07) is 11.9. The zero-order valence-corrected chi connectivity index (χ0v) is 8.41. The van der Waals surface area contributed by atoms with Gasteiger partial charge in [0.25, 0.3) is 5.69 Å². The molecular weight excluding hydrogens is 206 g/mol. The van der Waals surface area contributed by atoms with E-state index in [0.29, 0.717) is 0 Å². The van der Waals surface area contributed by atoms with Crippen molar-refractivity contribution >= 4 is 11.4 Å². The molecule has 0 atom stereocenters. The van der Waals surface area contributed by atoms with Crippen LogP contribution < -0.4 is 10.1 Å². The topological polar surface area (TPSA) is 59.1 Å². The summed E-state index contributed by atoms with van der Waals surface area (Å²) in [5.74, 6) is 0. The first-order chi connectivity index (χ1) is 7.75. The van der Waals surface area contributed by atoms with Gasteiger partial charge < -0.3 is 0 Å². The standard InChI is InChI=1S/C11H10N3O2/c15-14(16)11-6-4-10(5-7-11)12-13-8-2-1-3-9-13/h1-9,12H/q+1. The maximum absolute atomic E-state index is 10.5. The van der Waals surface area contributed by atoms with Gasteiger partial charge in [-0.3, -0.25) is 10.1 Å². The number of benzene rings is 1. The second-order valence-electron chi connectivity index (χ2n) is 3.20. The molecule has 80 valence electrons. The fraction of sp³-hybridized carbons (Fsp3) is 0. The van der Waals surface area contributed by atoms with E-state index in [-0.39, 0.29) is 5.69 Å². The maximum Gasteiger partial charge on any atom is 0.269 e. The SMILES string of the molecule is O=[N+]([O-])c1ccc(N[n+]2ccccc2)cc1. The van der Waals surface area contributed by atoms with Gasteiger partial charge in [-0.15, -0.1) is 0 Å². The molecule has 0 fully saturated rings. The van der Waals surface area contributed by atoms with Crippen LogP contribution in [0, 0.1) is 10.1 Å². The summed E-state index contributed by atoms with van der Waals surface area (Å²) in [6.07, 6.45) is 3.70. The molecule has 0 aliphatic rings. The van der Waals surface area contributed by atoms with Crippen molar-refractivity contribution in [3.63, 3.8) is 0 Å². The van der Waals surface area contributed by atoms with Crippen molar-refractivity contribution in [1.82, 2.24) is 0 Å². The quantitative estimate of drug-likeness (QED) is 0.483. The van der Waals surface area contributed by atoms with Crippen molar-refractivity contribution in [2.24, 2.45) is 0 Å². The van der Waals surface area contributed by atoms with Crippen molar-refractivity contribution in [2.45, 2.75) is 0 Å². The third-order valence-corrected chi connectivity index (χ3v) is 2.05. The Morgan fingerprint density at radius 2 is 1.69 bits per heavy atom. The minimum Gasteiger partial charge on any atom is -0.258 e. The number of non-ortho nitro benzene ring substituents is 1. The van der Waals surface area contributed by atoms with E-state index in [1.54, 1.807) is 16.8 Å². The molecule has 1 aromatic heterocycles. The molecule has 0 saturated carbocycles. The first kappa shape index (κ1) is 10.1. The number of aromatic nitrogens is 1. The van der Waals surface area contributed by atoms with Crippen molar-refractivity contribution in [2.75, 3.05) is 5.43 Å². The third kappa shape index (κ3) is 2.33. The number of nitrogens with zero attached hydrogens (tertiary/aromatic N) is 2. The fourth-order valence-electron chi connectivity index (χ4n) is 1.28. The number of nitro benzene ring substituents is 1. The molecule has 1 aromatic carbocycles. The van der Waals surface area contributed by atoms with Crippen LogP contribution in [-0.2, 0) is 0 Å². The zero-order chi connectivity index (χ0) is 11.4. The predicted molar refractivity (Wildman–Crippen MR) is 58.8 cm³/mol. The molecule has 16 heavy (non-hydrogen) atoms. The average molecular weight is 216 g/mol. The van der Waals surface area contributed by atoms with Gasteiger partial charge in [0, 0.05) is 24.3 Å². The minimum atomic E-state index is -0.417. The number of rotatable bonds is 3. The van der Waals surface area contributed by atoms with Crippen LogP contribution in [0.15, 0.2) is 54.9 Å². The van der Waals surface area contributed by atoms with E-state index in [1.165, 1.54) is 12.1 Å². The van der Waals surface area contributed by atoms with Crippen LogP contribution in [0.25, 0.3) is 0 Å². The molecule has 2 aromatic rings. The number of nitrogens with one attached hydrogen (secondary N) is 1. The molecular formula is C11H10N3O2+. The number of nitro groups is 1. The Hall–Kier alpha value is -2.43. The number of hydrogen-bond donors (Lipinski definition) is 1. The molecule has 0 saturated heterocycles. The maximum atomic E-state index is 10.5. The lowest BCUT2D eigenvalue weighted by Gasteiger charge is -1.99. The summed E-state index contributed by atoms with van der Waals surface area (Å²) in [5, 5.41) is 10.5. The van der Waals surface area contributed by atoms with E-state index in [1.807, 2.05) is 30.6 Å². The minimum absolute atomic E-state index is 0.0867. The monoisotopic (exact) mass is 216 g/mol. The van der Waals surface area contributed by atoms with Gasteiger partial charge in [0.15, 0.2) is 12.4 Å². The van der Waals surface area contributed by atoms with E-state index in [0.717, 1.165) is 5.69 Å². The first-order valence-corrected chi connectivity index (χ1v) is 4.73. The van der Waals surface area contributed by atoms with Crippen molar-refractivity contribution in [1.29, 1.82) is 0 Å². The number of hydrogen-bond acceptors (Lipinski definition) is 3. The predicted octanol–water partition coefficient (Wildman–Crippen LogP) is 1.76. The lowest BCUT2D eigenvalue weighted by atomic mass is 10.3. The van der Waals surface area contributed by atoms with Crippen LogP contribution >= 0.6 is 0 Å². The molecule has 0 bridgehead atoms. The molecule has 0 amide bonds. The second kappa shape index (κ2) is 4.39. The van der Waals surface area contributed by atoms with E-state index in [9.17, 15) is 10.1 Å². The molecule has 2 rings (SSSR count). The molecule has 0 aliphatic heterocycles. The van der Waals surface area contributed by atoms with Crippen molar-refractivity contribution < 1.29 is 9.60 Å². The fourth-order valence-corrected chi connectivity index (χ4v) is 1.28. The van der Waals surface area contributed by atoms with Crippen LogP contribution in [0.2, 0.25) is 0 Å². The largest absolute Gasteiger partial charge is 0.269 e. The Bertz CT molecular complexity index is 482. The summed E-state index contributed by atoms with van der Waals surface area (Å²) in [7, 11) is 0. The molecule has 5 nitrogen and oxygen atoms in total. The normalized spacial score (nSPS) is 9.75. The van der Waals surface area contributed by atoms with Crippen LogP contribution in [0.3, 0.4) is 0 Å². The first-order valence-electron chi connectivity index (χ1n) is 4.73. The van der Waals surface area contributed by atoms with E-state index >= 15 is 0 Å². The smallest absolute Gasteiger partial charge is 0.258 e. The molecule has 0 unspecified atom stereocenters. The van der Waals surface area contributed by atoms with Gasteiger partial charge in [-0.1, -0.05) is 10.7 Å². The van der Waals surface area contributed by atoms with E-state index in [4.69, 9.17) is 0 Å². The highest BCUT2D eigenvalue weighted by molar-refractivity contribution is 5.46. The van der Waals surface area contributed by atoms with Gasteiger partial charge in [0.05, 0.1) is 10.6 Å². The summed E-state index contributed by atoms with van der Waals surface area (Å²) in [4.78, 5) is 10.0. The summed E-state index contributed by atoms with van der Waals surface area (Å²) >= 11 is 0. The summed E-state index contributed by atoms with van der Waals surface area (Å²) in [6.45, 7) is 0. The van der Waals surface area contributed by atoms with Crippen LogP contribution in [0.1, 0.15) is 0 Å². The average Bonchev–Trinajstić information content (AvgIpc) is 2.31. The molecule has 1 N–H and O–H groups in total. The molecule has 1 heterocycles. The van der Waals surface area contributed by atoms with Gasteiger partial charge in [-0.2, -0.15) is 5.43 Å². The Labute approximate surface area is 92.1 Å². The van der Waals surface area contributed by atoms with Gasteiger partial charge >= 0.3 is 0 Å².